The van der Waals surface area contributed by atoms with Gasteiger partial charge in [-0.05, 0) is 12.1 Å². The first kappa shape index (κ1) is 20.4. The Labute approximate surface area is 169 Å². The van der Waals surface area contributed by atoms with Crippen LogP contribution in [-0.2, 0) is 13.1 Å². The quantitative estimate of drug-likeness (QED) is 0.525. The van der Waals surface area contributed by atoms with Gasteiger partial charge in [0.05, 0.1) is 30.8 Å². The van der Waals surface area contributed by atoms with E-state index in [9.17, 15) is 10.1 Å². The lowest BCUT2D eigenvalue weighted by atomic mass is 10.1. The summed E-state index contributed by atoms with van der Waals surface area (Å²) in [6.45, 7) is 5.40. The van der Waals surface area contributed by atoms with Crippen LogP contribution in [-0.4, -0.2) is 45.3 Å². The van der Waals surface area contributed by atoms with E-state index in [0.717, 1.165) is 43.3 Å². The molecular formula is C20H26ClN3O4+2. The number of methoxy groups -OCH3 is 2. The molecule has 1 fully saturated rings. The van der Waals surface area contributed by atoms with Crippen molar-refractivity contribution in [3.8, 4) is 11.5 Å². The number of benzene rings is 2. The number of rotatable bonds is 7. The summed E-state index contributed by atoms with van der Waals surface area (Å²) in [5.74, 6) is 0.896. The minimum absolute atomic E-state index is 0.0796. The molecular weight excluding hydrogens is 382 g/mol. The first-order valence-corrected chi connectivity index (χ1v) is 9.69. The highest BCUT2D eigenvalue weighted by Gasteiger charge is 2.27. The molecule has 1 heterocycles. The Kier molecular flexibility index (Phi) is 6.72. The van der Waals surface area contributed by atoms with Crippen molar-refractivity contribution in [1.29, 1.82) is 0 Å². The topological polar surface area (TPSA) is 70.5 Å². The van der Waals surface area contributed by atoms with Gasteiger partial charge in [0.1, 0.15) is 39.3 Å². The van der Waals surface area contributed by atoms with Gasteiger partial charge in [-0.3, -0.25) is 10.1 Å². The standard InChI is InChI=1S/C20H24ClN3O4/c1-27-19-11-16(18(24(25)26)12-20(19)28-2)14-23-9-7-22(8-10-23)13-15-5-3-4-6-17(15)21/h3-6,11-12H,7-10,13-14H2,1-2H3/p+2. The Bertz CT molecular complexity index is 838. The lowest BCUT2D eigenvalue weighted by Gasteiger charge is -2.30. The Morgan fingerprint density at radius 1 is 0.964 bits per heavy atom. The molecule has 8 heteroatoms. The van der Waals surface area contributed by atoms with Crippen LogP contribution in [0.3, 0.4) is 0 Å². The van der Waals surface area contributed by atoms with Gasteiger partial charge in [0.2, 0.25) is 0 Å². The second kappa shape index (κ2) is 9.23. The minimum Gasteiger partial charge on any atom is -0.493 e. The molecule has 1 aliphatic heterocycles. The van der Waals surface area contributed by atoms with Crippen molar-refractivity contribution in [2.75, 3.05) is 40.4 Å². The highest BCUT2D eigenvalue weighted by molar-refractivity contribution is 6.31. The molecule has 0 aliphatic carbocycles. The Balaban J connectivity index is 1.66. The molecule has 0 bridgehead atoms. The Morgan fingerprint density at radius 3 is 2.04 bits per heavy atom. The fraction of sp³-hybridized carbons (Fsp3) is 0.400. The molecule has 7 nitrogen and oxygen atoms in total. The smallest absolute Gasteiger partial charge is 0.282 e. The van der Waals surface area contributed by atoms with Gasteiger partial charge in [-0.1, -0.05) is 29.8 Å². The predicted octanol–water partition coefficient (Wildman–Crippen LogP) is 0.749. The number of nitrogens with zero attached hydrogens (tertiary/aromatic N) is 1. The van der Waals surface area contributed by atoms with Crippen LogP contribution in [0.5, 0.6) is 11.5 Å². The molecule has 2 aromatic carbocycles. The van der Waals surface area contributed by atoms with Gasteiger partial charge >= 0.3 is 0 Å². The molecule has 150 valence electrons. The second-order valence-corrected chi connectivity index (χ2v) is 7.45. The summed E-state index contributed by atoms with van der Waals surface area (Å²) in [7, 11) is 3.02. The van der Waals surface area contributed by atoms with E-state index in [0.29, 0.717) is 23.6 Å². The summed E-state index contributed by atoms with van der Waals surface area (Å²) in [5.41, 5.74) is 1.92. The van der Waals surface area contributed by atoms with Crippen LogP contribution in [0, 0.1) is 10.1 Å². The molecule has 3 rings (SSSR count). The summed E-state index contributed by atoms with van der Waals surface area (Å²) in [4.78, 5) is 14.0. The molecule has 28 heavy (non-hydrogen) atoms. The van der Waals surface area contributed by atoms with Gasteiger partial charge in [-0.15, -0.1) is 0 Å². The van der Waals surface area contributed by atoms with E-state index in [2.05, 4.69) is 6.07 Å². The highest BCUT2D eigenvalue weighted by Crippen LogP contribution is 2.34. The summed E-state index contributed by atoms with van der Waals surface area (Å²) in [6.07, 6.45) is 0. The first-order valence-electron chi connectivity index (χ1n) is 9.31. The zero-order valence-electron chi connectivity index (χ0n) is 16.2. The maximum atomic E-state index is 11.5. The molecule has 0 unspecified atom stereocenters. The molecule has 1 saturated heterocycles. The van der Waals surface area contributed by atoms with Crippen LogP contribution in [0.15, 0.2) is 36.4 Å². The van der Waals surface area contributed by atoms with Gasteiger partial charge in [0, 0.05) is 10.6 Å². The van der Waals surface area contributed by atoms with Crippen LogP contribution in [0.4, 0.5) is 5.69 Å². The van der Waals surface area contributed by atoms with Crippen molar-refractivity contribution in [3.05, 3.63) is 62.7 Å². The van der Waals surface area contributed by atoms with E-state index in [1.165, 1.54) is 30.1 Å². The lowest BCUT2D eigenvalue weighted by molar-refractivity contribution is -1.02. The van der Waals surface area contributed by atoms with Crippen molar-refractivity contribution >= 4 is 17.3 Å². The minimum atomic E-state index is -0.352. The van der Waals surface area contributed by atoms with E-state index >= 15 is 0 Å². The number of quaternary nitrogens is 2. The van der Waals surface area contributed by atoms with Crippen molar-refractivity contribution < 1.29 is 24.2 Å². The number of hydrogen-bond donors (Lipinski definition) is 2. The van der Waals surface area contributed by atoms with Crippen LogP contribution in [0.2, 0.25) is 5.02 Å². The molecule has 0 saturated carbocycles. The fourth-order valence-electron chi connectivity index (χ4n) is 3.71. The Morgan fingerprint density at radius 2 is 1.50 bits per heavy atom. The third kappa shape index (κ3) is 4.73. The number of ether oxygens (including phenoxy) is 2. The normalized spacial score (nSPS) is 19.2. The van der Waals surface area contributed by atoms with Crippen LogP contribution in [0.1, 0.15) is 11.1 Å². The van der Waals surface area contributed by atoms with Crippen molar-refractivity contribution in [1.82, 2.24) is 0 Å². The molecule has 0 aromatic heterocycles. The second-order valence-electron chi connectivity index (χ2n) is 7.04. The van der Waals surface area contributed by atoms with Gasteiger partial charge in [0.25, 0.3) is 5.69 Å². The van der Waals surface area contributed by atoms with Crippen LogP contribution < -0.4 is 19.3 Å². The maximum Gasteiger partial charge on any atom is 0.282 e. The SMILES string of the molecule is COc1cc(C[NH+]2CC[NH+](Cc3ccccc3Cl)CC2)c([N+](=O)[O-])cc1OC. The number of hydrogen-bond acceptors (Lipinski definition) is 4. The van der Waals surface area contributed by atoms with E-state index in [1.54, 1.807) is 6.07 Å². The Hall–Kier alpha value is -2.35. The summed E-state index contributed by atoms with van der Waals surface area (Å²) >= 11 is 6.28. The number of nitro benzene ring substituents is 1. The van der Waals surface area contributed by atoms with Crippen LogP contribution >= 0.6 is 11.6 Å². The van der Waals surface area contributed by atoms with Crippen molar-refractivity contribution in [2.24, 2.45) is 0 Å². The molecule has 0 spiro atoms. The van der Waals surface area contributed by atoms with Gasteiger partial charge in [0.15, 0.2) is 11.5 Å². The fourth-order valence-corrected chi connectivity index (χ4v) is 3.92. The zero-order chi connectivity index (χ0) is 20.1. The monoisotopic (exact) mass is 407 g/mol. The highest BCUT2D eigenvalue weighted by atomic mass is 35.5. The average molecular weight is 408 g/mol. The molecule has 2 aromatic rings. The average Bonchev–Trinajstić information content (AvgIpc) is 2.70. The van der Waals surface area contributed by atoms with E-state index < -0.39 is 0 Å². The largest absolute Gasteiger partial charge is 0.493 e. The van der Waals surface area contributed by atoms with Gasteiger partial charge in [-0.2, -0.15) is 0 Å². The number of nitrogens with one attached hydrogen (secondary N) is 2. The summed E-state index contributed by atoms with van der Waals surface area (Å²) in [5, 5.41) is 12.3. The maximum absolute atomic E-state index is 11.5. The number of piperazine rings is 1. The van der Waals surface area contributed by atoms with Crippen LogP contribution in [0.25, 0.3) is 0 Å². The third-order valence-electron chi connectivity index (χ3n) is 5.28. The zero-order valence-corrected chi connectivity index (χ0v) is 16.9. The van der Waals surface area contributed by atoms with Gasteiger partial charge in [-0.25, -0.2) is 0 Å². The molecule has 0 atom stereocenters. The third-order valence-corrected chi connectivity index (χ3v) is 5.65. The number of nitro groups is 1. The van der Waals surface area contributed by atoms with Crippen molar-refractivity contribution in [2.45, 2.75) is 13.1 Å². The summed E-state index contributed by atoms with van der Waals surface area (Å²) < 4.78 is 10.5. The number of halogens is 1. The van der Waals surface area contributed by atoms with Gasteiger partial charge < -0.3 is 19.3 Å². The molecule has 0 amide bonds. The lowest BCUT2D eigenvalue weighted by Crippen LogP contribution is -3.27. The molecule has 0 radical (unpaired) electrons. The van der Waals surface area contributed by atoms with E-state index in [-0.39, 0.29) is 10.6 Å². The first-order chi connectivity index (χ1) is 13.5. The predicted molar refractivity (Wildman–Crippen MR) is 106 cm³/mol. The van der Waals surface area contributed by atoms with E-state index in [1.807, 2.05) is 18.2 Å². The molecule has 2 N–H and O–H groups in total. The molecule has 1 aliphatic rings. The summed E-state index contributed by atoms with van der Waals surface area (Å²) in [6, 6.07) is 11.1. The van der Waals surface area contributed by atoms with Crippen molar-refractivity contribution in [3.63, 3.8) is 0 Å². The van der Waals surface area contributed by atoms with E-state index in [4.69, 9.17) is 21.1 Å².